The second-order valence-electron chi connectivity index (χ2n) is 2.72. The van der Waals surface area contributed by atoms with Crippen molar-refractivity contribution in [1.29, 1.82) is 0 Å². The van der Waals surface area contributed by atoms with Crippen LogP contribution in [0.3, 0.4) is 0 Å². The van der Waals surface area contributed by atoms with Crippen molar-refractivity contribution in [1.82, 2.24) is 5.32 Å². The van der Waals surface area contributed by atoms with Crippen LogP contribution >= 0.6 is 0 Å². The van der Waals surface area contributed by atoms with Gasteiger partial charge in [0.1, 0.15) is 0 Å². The highest BCUT2D eigenvalue weighted by Crippen LogP contribution is 2.06. The fourth-order valence-electron chi connectivity index (χ4n) is 0.460. The molecule has 2 amide bonds. The zero-order valence-corrected chi connectivity index (χ0v) is 6.53. The van der Waals surface area contributed by atoms with Crippen LogP contribution < -0.4 is 11.1 Å². The van der Waals surface area contributed by atoms with Crippen molar-refractivity contribution in [3.8, 4) is 0 Å². The Labute approximate surface area is 71.8 Å². The number of nitrogens with one attached hydrogen (secondary N) is 1. The third kappa shape index (κ3) is 6.70. The summed E-state index contributed by atoms with van der Waals surface area (Å²) >= 11 is 0. The van der Waals surface area contributed by atoms with Crippen LogP contribution in [0.2, 0.25) is 0 Å². The monoisotopic (exact) mass is 173 g/mol. The maximum Gasteiger partial charge on any atom is 0.312 e. The molecule has 70 valence electrons. The summed E-state index contributed by atoms with van der Waals surface area (Å²) in [6.45, 7) is 3.64. The fraction of sp³-hybridized carbons (Fsp3) is 0.833. The van der Waals surface area contributed by atoms with Gasteiger partial charge in [0, 0.05) is 11.5 Å². The lowest BCUT2D eigenvalue weighted by molar-refractivity contribution is 0.246. The third-order valence-electron chi connectivity index (χ3n) is 1.01. The molecule has 0 aromatic heterocycles. The van der Waals surface area contributed by atoms with Gasteiger partial charge in [-0.25, -0.2) is 4.79 Å². The van der Waals surface area contributed by atoms with Gasteiger partial charge in [-0.2, -0.15) is 0 Å². The van der Waals surface area contributed by atoms with Crippen LogP contribution in [-0.2, 0) is 0 Å². The number of amides is 2. The lowest BCUT2D eigenvalue weighted by atomic mass is 10.1. The van der Waals surface area contributed by atoms with Crippen LogP contribution in [0.25, 0.3) is 10.4 Å². The average Bonchev–Trinajstić information content (AvgIpc) is 1.84. The van der Waals surface area contributed by atoms with E-state index in [-0.39, 0.29) is 14.0 Å². The van der Waals surface area contributed by atoms with Gasteiger partial charge in [-0.1, -0.05) is 26.4 Å². The highest BCUT2D eigenvalue weighted by Gasteiger charge is 2.15. The van der Waals surface area contributed by atoms with E-state index in [0.29, 0.717) is 0 Å². The van der Waals surface area contributed by atoms with E-state index < -0.39 is 11.6 Å². The van der Waals surface area contributed by atoms with Gasteiger partial charge in [0.25, 0.3) is 0 Å². The van der Waals surface area contributed by atoms with E-state index in [4.69, 9.17) is 11.3 Å². The summed E-state index contributed by atoms with van der Waals surface area (Å²) in [5.41, 5.74) is 12.3. The molecule has 0 aromatic rings. The number of urea groups is 1. The minimum Gasteiger partial charge on any atom is -0.352 e. The Morgan fingerprint density at radius 3 is 2.58 bits per heavy atom. The third-order valence-corrected chi connectivity index (χ3v) is 1.01. The standard InChI is InChI=1S/C5H11N5O.CH4/c1-5(2,9-10-7)3-8-4(6)11;/h3H2,1-2H3,(H3,6,8,11);1H4. The van der Waals surface area contributed by atoms with Crippen molar-refractivity contribution in [2.75, 3.05) is 6.54 Å². The molecule has 0 rings (SSSR count). The lowest BCUT2D eigenvalue weighted by Crippen LogP contribution is -2.39. The molecule has 0 aliphatic heterocycles. The van der Waals surface area contributed by atoms with E-state index in [0.717, 1.165) is 0 Å². The molecule has 0 radical (unpaired) electrons. The van der Waals surface area contributed by atoms with E-state index in [1.54, 1.807) is 13.8 Å². The van der Waals surface area contributed by atoms with Gasteiger partial charge in [-0.3, -0.25) is 0 Å². The predicted octanol–water partition coefficient (Wildman–Crippen LogP) is 1.38. The van der Waals surface area contributed by atoms with Gasteiger partial charge >= 0.3 is 6.03 Å². The molecule has 0 saturated heterocycles. The summed E-state index contributed by atoms with van der Waals surface area (Å²) < 4.78 is 0. The van der Waals surface area contributed by atoms with Gasteiger partial charge in [-0.05, 0) is 5.53 Å². The number of primary amides is 1. The van der Waals surface area contributed by atoms with Crippen molar-refractivity contribution in [3.63, 3.8) is 0 Å². The molecule has 6 heteroatoms. The zero-order chi connectivity index (χ0) is 8.91. The summed E-state index contributed by atoms with van der Waals surface area (Å²) in [6.07, 6.45) is 0. The van der Waals surface area contributed by atoms with Gasteiger partial charge < -0.3 is 11.1 Å². The highest BCUT2D eigenvalue weighted by atomic mass is 16.2. The second kappa shape index (κ2) is 5.26. The quantitative estimate of drug-likeness (QED) is 0.375. The Hall–Kier alpha value is -1.42. The molecule has 0 aliphatic carbocycles. The maximum absolute atomic E-state index is 10.2. The van der Waals surface area contributed by atoms with Gasteiger partial charge in [0.2, 0.25) is 0 Å². The first-order chi connectivity index (χ1) is 4.98. The Morgan fingerprint density at radius 2 is 2.25 bits per heavy atom. The number of nitrogens with two attached hydrogens (primary N) is 1. The summed E-state index contributed by atoms with van der Waals surface area (Å²) in [7, 11) is 0. The Balaban J connectivity index is 0. The van der Waals surface area contributed by atoms with E-state index in [1.807, 2.05) is 0 Å². The molecular weight excluding hydrogens is 158 g/mol. The van der Waals surface area contributed by atoms with Crippen molar-refractivity contribution in [2.45, 2.75) is 26.8 Å². The number of rotatable bonds is 3. The SMILES string of the molecule is C.CC(C)(CNC(N)=O)N=[N+]=[N-]. The smallest absolute Gasteiger partial charge is 0.312 e. The topological polar surface area (TPSA) is 104 Å². The molecule has 0 aromatic carbocycles. The highest BCUT2D eigenvalue weighted by molar-refractivity contribution is 5.71. The van der Waals surface area contributed by atoms with Crippen molar-refractivity contribution in [2.24, 2.45) is 10.8 Å². The zero-order valence-electron chi connectivity index (χ0n) is 6.53. The van der Waals surface area contributed by atoms with Crippen molar-refractivity contribution in [3.05, 3.63) is 10.4 Å². The van der Waals surface area contributed by atoms with Crippen LogP contribution in [0.15, 0.2) is 5.11 Å². The van der Waals surface area contributed by atoms with Gasteiger partial charge in [-0.15, -0.1) is 0 Å². The van der Waals surface area contributed by atoms with Crippen LogP contribution in [0.4, 0.5) is 4.79 Å². The summed E-state index contributed by atoms with van der Waals surface area (Å²) in [5, 5.41) is 5.78. The van der Waals surface area contributed by atoms with E-state index in [2.05, 4.69) is 15.3 Å². The first-order valence-corrected chi connectivity index (χ1v) is 3.07. The molecule has 6 nitrogen and oxygen atoms in total. The molecule has 0 heterocycles. The molecule has 0 aliphatic rings. The molecule has 0 atom stereocenters. The molecule has 0 spiro atoms. The number of nitrogens with zero attached hydrogens (tertiary/aromatic N) is 3. The number of azide groups is 1. The Morgan fingerprint density at radius 1 is 1.75 bits per heavy atom. The number of hydrogen-bond donors (Lipinski definition) is 2. The number of carbonyl (C=O) groups is 1. The van der Waals surface area contributed by atoms with Gasteiger partial charge in [0.15, 0.2) is 0 Å². The van der Waals surface area contributed by atoms with Crippen LogP contribution in [0.1, 0.15) is 21.3 Å². The molecule has 0 saturated carbocycles. The summed E-state index contributed by atoms with van der Waals surface area (Å²) in [6, 6.07) is -0.619. The molecular formula is C6H15N5O. The van der Waals surface area contributed by atoms with Crippen LogP contribution in [0.5, 0.6) is 0 Å². The van der Waals surface area contributed by atoms with E-state index >= 15 is 0 Å². The van der Waals surface area contributed by atoms with Crippen molar-refractivity contribution >= 4 is 6.03 Å². The molecule has 0 fully saturated rings. The van der Waals surface area contributed by atoms with E-state index in [9.17, 15) is 4.79 Å². The van der Waals surface area contributed by atoms with Crippen LogP contribution in [0, 0.1) is 0 Å². The number of hydrogen-bond acceptors (Lipinski definition) is 2. The average molecular weight is 173 g/mol. The minimum atomic E-state index is -0.621. The minimum absolute atomic E-state index is 0. The predicted molar refractivity (Wildman–Crippen MR) is 47.5 cm³/mol. The normalized spacial score (nSPS) is 9.17. The first kappa shape index (κ1) is 13.2. The van der Waals surface area contributed by atoms with E-state index in [1.165, 1.54) is 0 Å². The molecule has 12 heavy (non-hydrogen) atoms. The fourth-order valence-corrected chi connectivity index (χ4v) is 0.460. The summed E-state index contributed by atoms with van der Waals surface area (Å²) in [5.74, 6) is 0. The maximum atomic E-state index is 10.2. The van der Waals surface area contributed by atoms with Gasteiger partial charge in [0.05, 0.1) is 5.54 Å². The lowest BCUT2D eigenvalue weighted by Gasteiger charge is -2.16. The largest absolute Gasteiger partial charge is 0.352 e. The second-order valence-corrected chi connectivity index (χ2v) is 2.72. The molecule has 0 unspecified atom stereocenters. The molecule has 3 N–H and O–H groups in total. The Bertz CT molecular complexity index is 194. The molecule has 0 bridgehead atoms. The Kier molecular flexibility index (Phi) is 5.78. The first-order valence-electron chi connectivity index (χ1n) is 3.07. The number of carbonyl (C=O) groups excluding carboxylic acids is 1. The van der Waals surface area contributed by atoms with Crippen molar-refractivity contribution < 1.29 is 4.79 Å². The summed E-state index contributed by atoms with van der Waals surface area (Å²) in [4.78, 5) is 12.8. The van der Waals surface area contributed by atoms with Crippen LogP contribution in [-0.4, -0.2) is 18.1 Å².